The second-order valence-corrected chi connectivity index (χ2v) is 11.4. The van der Waals surface area contributed by atoms with Crippen LogP contribution in [0.5, 0.6) is 0 Å². The van der Waals surface area contributed by atoms with Crippen molar-refractivity contribution >= 4 is 23.0 Å². The first-order valence-corrected chi connectivity index (χ1v) is 13.1. The number of benzene rings is 1. The lowest BCUT2D eigenvalue weighted by Crippen LogP contribution is -2.53. The van der Waals surface area contributed by atoms with Crippen LogP contribution in [-0.4, -0.2) is 51.2 Å². The molecule has 0 bridgehead atoms. The van der Waals surface area contributed by atoms with Gasteiger partial charge in [0.2, 0.25) is 5.92 Å². The van der Waals surface area contributed by atoms with Crippen molar-refractivity contribution in [2.75, 3.05) is 13.7 Å². The number of halogens is 2. The molecule has 2 aliphatic carbocycles. The second-order valence-electron chi connectivity index (χ2n) is 11.4. The molecule has 7 nitrogen and oxygen atoms in total. The van der Waals surface area contributed by atoms with Crippen LogP contribution in [-0.2, 0) is 11.3 Å². The molecule has 3 aromatic rings. The van der Waals surface area contributed by atoms with E-state index in [2.05, 4.69) is 16.0 Å². The third-order valence-corrected chi connectivity index (χ3v) is 8.72. The van der Waals surface area contributed by atoms with E-state index in [-0.39, 0.29) is 24.6 Å². The number of alkyl halides is 2. The summed E-state index contributed by atoms with van der Waals surface area (Å²) < 4.78 is 34.1. The Labute approximate surface area is 219 Å². The molecule has 1 aromatic carbocycles. The van der Waals surface area contributed by atoms with Crippen LogP contribution in [0.1, 0.15) is 83.2 Å². The summed E-state index contributed by atoms with van der Waals surface area (Å²) >= 11 is 0. The largest absolute Gasteiger partial charge is 0.464 e. The highest BCUT2D eigenvalue weighted by Crippen LogP contribution is 2.60. The number of ether oxygens (including phenoxy) is 1. The molecule has 200 valence electrons. The molecule has 0 unspecified atom stereocenters. The van der Waals surface area contributed by atoms with Crippen molar-refractivity contribution in [1.29, 1.82) is 0 Å². The zero-order valence-electron chi connectivity index (χ0n) is 21.5. The Balaban J connectivity index is 1.39. The number of aromatic nitrogens is 2. The zero-order chi connectivity index (χ0) is 26.8. The van der Waals surface area contributed by atoms with Gasteiger partial charge in [-0.3, -0.25) is 9.47 Å². The van der Waals surface area contributed by atoms with Crippen molar-refractivity contribution in [3.05, 3.63) is 64.6 Å². The average Bonchev–Trinajstić information content (AvgIpc) is 3.61. The fourth-order valence-electron chi connectivity index (χ4n) is 6.81. The van der Waals surface area contributed by atoms with Gasteiger partial charge in [0.05, 0.1) is 12.6 Å². The van der Waals surface area contributed by atoms with E-state index in [1.54, 1.807) is 18.5 Å². The number of hydrogen-bond acceptors (Lipinski definition) is 5. The van der Waals surface area contributed by atoms with E-state index in [4.69, 9.17) is 4.74 Å². The highest BCUT2D eigenvalue weighted by atomic mass is 19.3. The molecule has 6 rings (SSSR count). The van der Waals surface area contributed by atoms with E-state index >= 15 is 0 Å². The average molecular weight is 524 g/mol. The number of nitrogens with zero attached hydrogens (tertiary/aromatic N) is 3. The van der Waals surface area contributed by atoms with Crippen molar-refractivity contribution in [2.45, 2.75) is 69.9 Å². The Morgan fingerprint density at radius 2 is 1.97 bits per heavy atom. The smallest absolute Gasteiger partial charge is 0.416 e. The molecule has 9 heteroatoms. The summed E-state index contributed by atoms with van der Waals surface area (Å²) in [5.41, 5.74) is 4.69. The maximum Gasteiger partial charge on any atom is 0.416 e. The first-order valence-electron chi connectivity index (χ1n) is 13.1. The Kier molecular flexibility index (Phi) is 5.83. The van der Waals surface area contributed by atoms with Crippen LogP contribution in [0, 0.1) is 12.3 Å². The van der Waals surface area contributed by atoms with Crippen molar-refractivity contribution in [3.63, 3.8) is 0 Å². The summed E-state index contributed by atoms with van der Waals surface area (Å²) in [6, 6.07) is 7.35. The molecular formula is C29H31F2N3O4. The SMILES string of the molecule is COC(=O)c1ccc([C@H]2CC3(CCN2Cc2c(C4CC4)cc(C)c4c2ccn4C(=O)O)CC(F)(F)C3)cn1. The standard InChI is InChI=1S/C29H31F2N3O4/c1-17-11-21(18-3-4-18)22(20-7-9-34(25(17)20)27(36)37)14-33-10-8-28(15-29(30,31)16-28)12-24(33)19-5-6-23(32-13-19)26(35)38-2/h5-7,9,11,13,18,24H,3-4,8,10,12,14-16H2,1-2H3,(H,36,37)/t24-/m1/s1. The highest BCUT2D eigenvalue weighted by Gasteiger charge is 2.58. The number of piperidine rings is 1. The maximum atomic E-state index is 14.0. The van der Waals surface area contributed by atoms with E-state index in [1.807, 2.05) is 19.1 Å². The van der Waals surface area contributed by atoms with E-state index in [9.17, 15) is 23.5 Å². The molecule has 1 saturated heterocycles. The number of likely N-dealkylation sites (tertiary alicyclic amines) is 1. The van der Waals surface area contributed by atoms with Gasteiger partial charge in [-0.2, -0.15) is 0 Å². The number of fused-ring (bicyclic) bond motifs is 1. The molecular weight excluding hydrogens is 492 g/mol. The van der Waals surface area contributed by atoms with E-state index < -0.39 is 23.4 Å². The van der Waals surface area contributed by atoms with E-state index in [1.165, 1.54) is 17.2 Å². The van der Waals surface area contributed by atoms with Gasteiger partial charge >= 0.3 is 12.1 Å². The van der Waals surface area contributed by atoms with Crippen LogP contribution in [0.2, 0.25) is 0 Å². The molecule has 3 heterocycles. The number of carbonyl (C=O) groups excluding carboxylic acids is 1. The fraction of sp³-hybridized carbons (Fsp3) is 0.483. The molecule has 2 saturated carbocycles. The number of carboxylic acid groups (broad SMARTS) is 1. The van der Waals surface area contributed by atoms with E-state index in [0.717, 1.165) is 34.9 Å². The normalized spacial score (nSPS) is 22.4. The monoisotopic (exact) mass is 523 g/mol. The van der Waals surface area contributed by atoms with Crippen LogP contribution < -0.4 is 0 Å². The van der Waals surface area contributed by atoms with Gasteiger partial charge in [-0.1, -0.05) is 12.1 Å². The summed E-state index contributed by atoms with van der Waals surface area (Å²) in [7, 11) is 1.30. The number of methoxy groups -OCH3 is 1. The minimum atomic E-state index is -2.61. The van der Waals surface area contributed by atoms with Gasteiger partial charge < -0.3 is 9.84 Å². The molecule has 0 amide bonds. The minimum Gasteiger partial charge on any atom is -0.464 e. The number of pyridine rings is 1. The van der Waals surface area contributed by atoms with Gasteiger partial charge in [0.15, 0.2) is 0 Å². The van der Waals surface area contributed by atoms with Gasteiger partial charge in [0, 0.05) is 43.2 Å². The van der Waals surface area contributed by atoms with Crippen LogP contribution in [0.4, 0.5) is 13.6 Å². The minimum absolute atomic E-state index is 0.0957. The van der Waals surface area contributed by atoms with Gasteiger partial charge in [-0.25, -0.2) is 23.4 Å². The summed E-state index contributed by atoms with van der Waals surface area (Å²) in [6.07, 6.45) is 5.55. The van der Waals surface area contributed by atoms with Crippen molar-refractivity contribution < 1.29 is 28.2 Å². The van der Waals surface area contributed by atoms with Gasteiger partial charge in [-0.05, 0) is 84.9 Å². The molecule has 38 heavy (non-hydrogen) atoms. The lowest BCUT2D eigenvalue weighted by atomic mass is 9.59. The Morgan fingerprint density at radius 1 is 1.21 bits per heavy atom. The summed E-state index contributed by atoms with van der Waals surface area (Å²) in [5, 5.41) is 10.7. The number of hydrogen-bond donors (Lipinski definition) is 1. The number of aryl methyl sites for hydroxylation is 1. The first kappa shape index (κ1) is 25.0. The summed E-state index contributed by atoms with van der Waals surface area (Å²) in [6.45, 7) is 3.19. The van der Waals surface area contributed by atoms with Crippen LogP contribution in [0.3, 0.4) is 0 Å². The third kappa shape index (κ3) is 4.26. The van der Waals surface area contributed by atoms with Crippen molar-refractivity contribution in [3.8, 4) is 0 Å². The maximum absolute atomic E-state index is 14.0. The number of rotatable bonds is 5. The van der Waals surface area contributed by atoms with Crippen molar-refractivity contribution in [2.24, 2.45) is 5.41 Å². The van der Waals surface area contributed by atoms with Crippen LogP contribution in [0.25, 0.3) is 10.9 Å². The van der Waals surface area contributed by atoms with Crippen molar-refractivity contribution in [1.82, 2.24) is 14.5 Å². The Hall–Kier alpha value is -3.33. The molecule has 1 aliphatic heterocycles. The third-order valence-electron chi connectivity index (χ3n) is 8.72. The molecule has 3 aliphatic rings. The molecule has 1 N–H and O–H groups in total. The first-order chi connectivity index (χ1) is 18.1. The van der Waals surface area contributed by atoms with Crippen LogP contribution in [0.15, 0.2) is 36.7 Å². The summed E-state index contributed by atoms with van der Waals surface area (Å²) in [5.74, 6) is -2.67. The van der Waals surface area contributed by atoms with Crippen LogP contribution >= 0.6 is 0 Å². The Bertz CT molecular complexity index is 1420. The zero-order valence-corrected chi connectivity index (χ0v) is 21.5. The molecule has 1 spiro atoms. The fourth-order valence-corrected chi connectivity index (χ4v) is 6.81. The van der Waals surface area contributed by atoms with Gasteiger partial charge in [0.1, 0.15) is 5.69 Å². The lowest BCUT2D eigenvalue weighted by Gasteiger charge is -2.54. The predicted molar refractivity (Wildman–Crippen MR) is 137 cm³/mol. The molecule has 2 aromatic heterocycles. The second kappa shape index (κ2) is 8.86. The molecule has 1 atom stereocenters. The number of carbonyl (C=O) groups is 2. The highest BCUT2D eigenvalue weighted by molar-refractivity contribution is 5.94. The quantitative estimate of drug-likeness (QED) is 0.396. The topological polar surface area (TPSA) is 84.7 Å². The lowest BCUT2D eigenvalue weighted by molar-refractivity contribution is -0.186. The van der Waals surface area contributed by atoms with E-state index in [0.29, 0.717) is 37.4 Å². The van der Waals surface area contributed by atoms with Gasteiger partial charge in [0.25, 0.3) is 0 Å². The molecule has 0 radical (unpaired) electrons. The van der Waals surface area contributed by atoms with Gasteiger partial charge in [-0.15, -0.1) is 0 Å². The predicted octanol–water partition coefficient (Wildman–Crippen LogP) is 6.29. The molecule has 3 fully saturated rings. The number of esters is 1. The Morgan fingerprint density at radius 3 is 2.58 bits per heavy atom. The summed E-state index contributed by atoms with van der Waals surface area (Å²) in [4.78, 5) is 30.5.